The lowest BCUT2D eigenvalue weighted by Crippen LogP contribution is -2.27. The summed E-state index contributed by atoms with van der Waals surface area (Å²) in [5, 5.41) is 0. The second-order valence-corrected chi connectivity index (χ2v) is 4.18. The number of nitrogens with two attached hydrogens (primary N) is 1. The number of rotatable bonds is 6. The van der Waals surface area contributed by atoms with Crippen molar-refractivity contribution in [2.75, 3.05) is 18.0 Å². The summed E-state index contributed by atoms with van der Waals surface area (Å²) in [6, 6.07) is 8.47. The molecule has 0 radical (unpaired) electrons. The summed E-state index contributed by atoms with van der Waals surface area (Å²) >= 11 is 0. The lowest BCUT2D eigenvalue weighted by atomic mass is 10.2. The standard InChI is InChI=1S/C14H17FN4/c15-12-5-1-2-6-13(12)19(10-3-7-16)11-14-17-8-4-9-18-14/h1-2,4-6,8-9H,3,7,10-11,16H2. The van der Waals surface area contributed by atoms with Gasteiger partial charge < -0.3 is 10.6 Å². The zero-order chi connectivity index (χ0) is 13.5. The number of hydrogen-bond donors (Lipinski definition) is 1. The number of halogens is 1. The van der Waals surface area contributed by atoms with E-state index in [0.717, 1.165) is 6.42 Å². The molecule has 5 heteroatoms. The van der Waals surface area contributed by atoms with E-state index < -0.39 is 0 Å². The topological polar surface area (TPSA) is 55.0 Å². The number of nitrogens with zero attached hydrogens (tertiary/aromatic N) is 3. The van der Waals surface area contributed by atoms with E-state index in [2.05, 4.69) is 9.97 Å². The van der Waals surface area contributed by atoms with Crippen molar-refractivity contribution in [2.24, 2.45) is 5.73 Å². The largest absolute Gasteiger partial charge is 0.362 e. The van der Waals surface area contributed by atoms with Crippen LogP contribution in [0.25, 0.3) is 0 Å². The normalized spacial score (nSPS) is 10.4. The zero-order valence-corrected chi connectivity index (χ0v) is 10.7. The molecule has 0 saturated heterocycles. The first-order valence-corrected chi connectivity index (χ1v) is 6.26. The average Bonchev–Trinajstić information content (AvgIpc) is 2.45. The molecule has 0 aliphatic rings. The third-order valence-electron chi connectivity index (χ3n) is 2.78. The summed E-state index contributed by atoms with van der Waals surface area (Å²) in [6.45, 7) is 1.72. The second-order valence-electron chi connectivity index (χ2n) is 4.18. The van der Waals surface area contributed by atoms with Gasteiger partial charge in [-0.2, -0.15) is 0 Å². The van der Waals surface area contributed by atoms with E-state index >= 15 is 0 Å². The predicted octanol–water partition coefficient (Wildman–Crippen LogP) is 1.97. The van der Waals surface area contributed by atoms with Crippen molar-refractivity contribution in [1.82, 2.24) is 9.97 Å². The van der Waals surface area contributed by atoms with Crippen LogP contribution >= 0.6 is 0 Å². The Kier molecular flexibility index (Phi) is 4.80. The fourth-order valence-electron chi connectivity index (χ4n) is 1.86. The van der Waals surface area contributed by atoms with E-state index in [1.807, 2.05) is 11.0 Å². The maximum absolute atomic E-state index is 13.9. The Hall–Kier alpha value is -2.01. The smallest absolute Gasteiger partial charge is 0.147 e. The highest BCUT2D eigenvalue weighted by Crippen LogP contribution is 2.20. The van der Waals surface area contributed by atoms with Crippen LogP contribution in [0.5, 0.6) is 0 Å². The Morgan fingerprint density at radius 2 is 1.84 bits per heavy atom. The molecule has 19 heavy (non-hydrogen) atoms. The average molecular weight is 260 g/mol. The maximum atomic E-state index is 13.9. The molecule has 4 nitrogen and oxygen atoms in total. The van der Waals surface area contributed by atoms with Gasteiger partial charge in [0.1, 0.15) is 11.6 Å². The van der Waals surface area contributed by atoms with Crippen molar-refractivity contribution in [3.05, 3.63) is 54.4 Å². The van der Waals surface area contributed by atoms with Crippen LogP contribution in [0.1, 0.15) is 12.2 Å². The third-order valence-corrected chi connectivity index (χ3v) is 2.78. The van der Waals surface area contributed by atoms with Gasteiger partial charge in [0.2, 0.25) is 0 Å². The van der Waals surface area contributed by atoms with Crippen LogP contribution in [0.2, 0.25) is 0 Å². The monoisotopic (exact) mass is 260 g/mol. The zero-order valence-electron chi connectivity index (χ0n) is 10.7. The van der Waals surface area contributed by atoms with Crippen molar-refractivity contribution in [1.29, 1.82) is 0 Å². The summed E-state index contributed by atoms with van der Waals surface area (Å²) in [5.74, 6) is 0.429. The molecule has 0 fully saturated rings. The predicted molar refractivity (Wildman–Crippen MR) is 73.2 cm³/mol. The van der Waals surface area contributed by atoms with Crippen LogP contribution in [0.3, 0.4) is 0 Å². The van der Waals surface area contributed by atoms with Gasteiger partial charge in [-0.1, -0.05) is 12.1 Å². The van der Waals surface area contributed by atoms with E-state index in [0.29, 0.717) is 31.1 Å². The van der Waals surface area contributed by atoms with Gasteiger partial charge in [0.25, 0.3) is 0 Å². The number of aromatic nitrogens is 2. The quantitative estimate of drug-likeness (QED) is 0.862. The fraction of sp³-hybridized carbons (Fsp3) is 0.286. The van der Waals surface area contributed by atoms with Gasteiger partial charge in [-0.15, -0.1) is 0 Å². The Morgan fingerprint density at radius 3 is 2.53 bits per heavy atom. The summed E-state index contributed by atoms with van der Waals surface area (Å²) in [4.78, 5) is 10.3. The lowest BCUT2D eigenvalue weighted by molar-refractivity contribution is 0.609. The van der Waals surface area contributed by atoms with E-state index in [1.165, 1.54) is 6.07 Å². The molecule has 0 bridgehead atoms. The SMILES string of the molecule is NCCCN(Cc1ncccn1)c1ccccc1F. The summed E-state index contributed by atoms with van der Waals surface area (Å²) < 4.78 is 13.9. The molecule has 1 heterocycles. The molecule has 0 atom stereocenters. The molecule has 0 aliphatic carbocycles. The Balaban J connectivity index is 2.19. The van der Waals surface area contributed by atoms with Crippen LogP contribution < -0.4 is 10.6 Å². The maximum Gasteiger partial charge on any atom is 0.147 e. The first kappa shape index (κ1) is 13.4. The van der Waals surface area contributed by atoms with Gasteiger partial charge in [0.05, 0.1) is 12.2 Å². The molecular formula is C14H17FN4. The van der Waals surface area contributed by atoms with Crippen LogP contribution in [-0.4, -0.2) is 23.1 Å². The highest BCUT2D eigenvalue weighted by Gasteiger charge is 2.12. The summed E-state index contributed by atoms with van der Waals surface area (Å²) in [6.07, 6.45) is 4.16. The number of anilines is 1. The van der Waals surface area contributed by atoms with Crippen molar-refractivity contribution in [2.45, 2.75) is 13.0 Å². The Morgan fingerprint density at radius 1 is 1.11 bits per heavy atom. The number of benzene rings is 1. The minimum atomic E-state index is -0.240. The molecule has 0 unspecified atom stereocenters. The van der Waals surface area contributed by atoms with Crippen molar-refractivity contribution >= 4 is 5.69 Å². The van der Waals surface area contributed by atoms with Crippen LogP contribution in [0.15, 0.2) is 42.7 Å². The van der Waals surface area contributed by atoms with E-state index in [9.17, 15) is 4.39 Å². The highest BCUT2D eigenvalue weighted by atomic mass is 19.1. The summed E-state index contributed by atoms with van der Waals surface area (Å²) in [5.41, 5.74) is 6.09. The van der Waals surface area contributed by atoms with Gasteiger partial charge in [-0.3, -0.25) is 0 Å². The van der Waals surface area contributed by atoms with E-state index in [4.69, 9.17) is 5.73 Å². The number of hydrogen-bond acceptors (Lipinski definition) is 4. The third kappa shape index (κ3) is 3.72. The van der Waals surface area contributed by atoms with Crippen molar-refractivity contribution in [3.63, 3.8) is 0 Å². The van der Waals surface area contributed by atoms with Crippen LogP contribution in [0.4, 0.5) is 10.1 Å². The molecule has 0 saturated carbocycles. The van der Waals surface area contributed by atoms with Crippen molar-refractivity contribution in [3.8, 4) is 0 Å². The van der Waals surface area contributed by atoms with Gasteiger partial charge >= 0.3 is 0 Å². The van der Waals surface area contributed by atoms with Gasteiger partial charge in [-0.05, 0) is 31.2 Å². The minimum absolute atomic E-state index is 0.240. The Bertz CT molecular complexity index is 504. The molecule has 1 aromatic carbocycles. The van der Waals surface area contributed by atoms with E-state index in [-0.39, 0.29) is 5.82 Å². The fourth-order valence-corrected chi connectivity index (χ4v) is 1.86. The lowest BCUT2D eigenvalue weighted by Gasteiger charge is -2.24. The van der Waals surface area contributed by atoms with Gasteiger partial charge in [-0.25, -0.2) is 14.4 Å². The highest BCUT2D eigenvalue weighted by molar-refractivity contribution is 5.47. The molecule has 0 spiro atoms. The van der Waals surface area contributed by atoms with Crippen LogP contribution in [-0.2, 0) is 6.54 Å². The number of para-hydroxylation sites is 1. The first-order chi connectivity index (χ1) is 9.31. The van der Waals surface area contributed by atoms with E-state index in [1.54, 1.807) is 30.6 Å². The van der Waals surface area contributed by atoms with Gasteiger partial charge in [0.15, 0.2) is 0 Å². The Labute approximate surface area is 112 Å². The molecular weight excluding hydrogens is 243 g/mol. The summed E-state index contributed by atoms with van der Waals surface area (Å²) in [7, 11) is 0. The molecule has 100 valence electrons. The molecule has 1 aromatic heterocycles. The second kappa shape index (κ2) is 6.80. The first-order valence-electron chi connectivity index (χ1n) is 6.26. The molecule has 2 N–H and O–H groups in total. The molecule has 0 amide bonds. The minimum Gasteiger partial charge on any atom is -0.362 e. The van der Waals surface area contributed by atoms with Crippen molar-refractivity contribution < 1.29 is 4.39 Å². The molecule has 0 aliphatic heterocycles. The van der Waals surface area contributed by atoms with Gasteiger partial charge in [0, 0.05) is 18.9 Å². The molecule has 2 rings (SSSR count). The molecule has 2 aromatic rings. The van der Waals surface area contributed by atoms with Crippen LogP contribution in [0, 0.1) is 5.82 Å².